The van der Waals surface area contributed by atoms with Gasteiger partial charge in [-0.05, 0) is 0 Å². The second-order valence-electron chi connectivity index (χ2n) is 5.34. The monoisotopic (exact) mass is 361 g/mol. The molecule has 2 aromatic heterocycles. The maximum Gasteiger partial charge on any atom is 0.694 e. The van der Waals surface area contributed by atoms with Crippen LogP contribution in [0.1, 0.15) is 6.23 Å². The minimum Gasteiger partial charge on any atom is -0.387 e. The van der Waals surface area contributed by atoms with Gasteiger partial charge in [-0.15, -0.1) is 9.42 Å². The Hall–Kier alpha value is -1.95. The summed E-state index contributed by atoms with van der Waals surface area (Å²) < 4.78 is 23.5. The highest BCUT2D eigenvalue weighted by molar-refractivity contribution is 7.32. The number of fused-ring (bicyclic) bond motifs is 1. The van der Waals surface area contributed by atoms with E-state index in [2.05, 4.69) is 14.5 Å². The molecule has 0 aliphatic carbocycles. The number of nitrogens with one attached hydrogen (secondary N) is 1. The minimum absolute atomic E-state index is 0.113. The van der Waals surface area contributed by atoms with E-state index in [0.29, 0.717) is 0 Å². The fraction of sp³-hybridized carbons (Fsp3) is 0.545. The van der Waals surface area contributed by atoms with Crippen molar-refractivity contribution in [1.82, 2.24) is 14.5 Å². The standard InChI is InChI=1S/C11H14N5O7P/c1-15-3-16(8-5(15)9(19)14-11(12)13-8)10-7(18)6(17)4(23-10)2-22-24(20)21/h3-4,6-7,10,17-18H,2H2,1H3,(H2-2,12,13,14,19,20,21)/p+2/t4-,6?,7?,10-/m1/s1. The highest BCUT2D eigenvalue weighted by Crippen LogP contribution is 2.28. The van der Waals surface area contributed by atoms with Crippen molar-refractivity contribution in [3.8, 4) is 0 Å². The maximum absolute atomic E-state index is 12.0. The molecule has 5 atom stereocenters. The molecule has 0 amide bonds. The fourth-order valence-electron chi connectivity index (χ4n) is 2.69. The molecule has 1 aliphatic heterocycles. The van der Waals surface area contributed by atoms with Gasteiger partial charge in [0.05, 0.1) is 7.05 Å². The lowest BCUT2D eigenvalue weighted by atomic mass is 10.1. The lowest BCUT2D eigenvalue weighted by Gasteiger charge is -2.11. The summed E-state index contributed by atoms with van der Waals surface area (Å²) in [4.78, 5) is 27.1. The van der Waals surface area contributed by atoms with Gasteiger partial charge in [-0.3, -0.25) is 14.3 Å². The Morgan fingerprint density at radius 2 is 2.25 bits per heavy atom. The van der Waals surface area contributed by atoms with Gasteiger partial charge in [-0.1, -0.05) is 4.98 Å². The molecule has 0 radical (unpaired) electrons. The Morgan fingerprint density at radius 1 is 1.54 bits per heavy atom. The van der Waals surface area contributed by atoms with Crippen LogP contribution in [0.3, 0.4) is 0 Å². The van der Waals surface area contributed by atoms with Gasteiger partial charge in [0.25, 0.3) is 11.5 Å². The summed E-state index contributed by atoms with van der Waals surface area (Å²) >= 11 is 0. The molecular weight excluding hydrogens is 345 g/mol. The third kappa shape index (κ3) is 2.79. The molecule has 1 saturated heterocycles. The number of aliphatic hydroxyl groups is 2. The molecule has 12 nitrogen and oxygen atoms in total. The van der Waals surface area contributed by atoms with Crippen LogP contribution >= 0.6 is 8.25 Å². The van der Waals surface area contributed by atoms with Crippen molar-refractivity contribution in [1.29, 1.82) is 0 Å². The summed E-state index contributed by atoms with van der Waals surface area (Å²) in [6.07, 6.45) is -3.37. The molecule has 1 fully saturated rings. The number of nitrogens with zero attached hydrogens (tertiary/aromatic N) is 3. The quantitative estimate of drug-likeness (QED) is 0.289. The van der Waals surface area contributed by atoms with Crippen LogP contribution in [0.25, 0.3) is 11.2 Å². The van der Waals surface area contributed by atoms with E-state index in [1.807, 2.05) is 0 Å². The molecule has 0 aromatic carbocycles. The number of hydrogen-bond donors (Lipinski definition) is 5. The Bertz CT molecular complexity index is 851. The maximum atomic E-state index is 12.0. The first kappa shape index (κ1) is 16.9. The van der Waals surface area contributed by atoms with E-state index < -0.39 is 38.4 Å². The molecule has 6 N–H and O–H groups in total. The number of H-pyrrole nitrogens is 1. The van der Waals surface area contributed by atoms with E-state index >= 15 is 0 Å². The Labute approximate surface area is 135 Å². The van der Waals surface area contributed by atoms with Gasteiger partial charge < -0.3 is 20.7 Å². The topological polar surface area (TPSA) is 177 Å². The summed E-state index contributed by atoms with van der Waals surface area (Å²) in [7, 11) is -1.26. The second-order valence-corrected chi connectivity index (χ2v) is 6.07. The molecule has 0 spiro atoms. The van der Waals surface area contributed by atoms with Crippen LogP contribution in [0.4, 0.5) is 5.95 Å². The van der Waals surface area contributed by atoms with Crippen molar-refractivity contribution in [3.63, 3.8) is 0 Å². The predicted octanol–water partition coefficient (Wildman–Crippen LogP) is -2.58. The molecule has 3 unspecified atom stereocenters. The zero-order valence-corrected chi connectivity index (χ0v) is 13.3. The largest absolute Gasteiger partial charge is 0.694 e. The third-order valence-corrected chi connectivity index (χ3v) is 4.12. The predicted molar refractivity (Wildman–Crippen MR) is 77.6 cm³/mol. The Balaban J connectivity index is 1.99. The van der Waals surface area contributed by atoms with Crippen molar-refractivity contribution in [2.45, 2.75) is 24.5 Å². The molecule has 13 heteroatoms. The smallest absolute Gasteiger partial charge is 0.387 e. The van der Waals surface area contributed by atoms with Crippen LogP contribution in [0, 0.1) is 0 Å². The first-order chi connectivity index (χ1) is 11.3. The lowest BCUT2D eigenvalue weighted by Crippen LogP contribution is -2.46. The van der Waals surface area contributed by atoms with Crippen molar-refractivity contribution < 1.29 is 33.5 Å². The summed E-state index contributed by atoms with van der Waals surface area (Å²) in [6.45, 7) is -0.387. The highest BCUT2D eigenvalue weighted by atomic mass is 31.1. The summed E-state index contributed by atoms with van der Waals surface area (Å²) in [5, 5.41) is 20.2. The van der Waals surface area contributed by atoms with Gasteiger partial charge in [0.2, 0.25) is 11.7 Å². The van der Waals surface area contributed by atoms with Crippen molar-refractivity contribution in [2.75, 3.05) is 12.3 Å². The summed E-state index contributed by atoms with van der Waals surface area (Å²) in [6, 6.07) is 0. The zero-order valence-electron chi connectivity index (χ0n) is 12.4. The number of aromatic amines is 1. The number of anilines is 1. The van der Waals surface area contributed by atoms with E-state index in [4.69, 9.17) is 15.4 Å². The minimum atomic E-state index is -2.86. The first-order valence-corrected chi connectivity index (χ1v) is 7.99. The number of hydrogen-bond acceptors (Lipinski definition) is 8. The average molecular weight is 361 g/mol. The molecule has 3 rings (SSSR count). The summed E-state index contributed by atoms with van der Waals surface area (Å²) in [5.74, 6) is -0.113. The van der Waals surface area contributed by atoms with E-state index in [0.717, 1.165) is 0 Å². The molecule has 3 heterocycles. The van der Waals surface area contributed by atoms with Crippen molar-refractivity contribution in [3.05, 3.63) is 16.7 Å². The number of aryl methyl sites for hydroxylation is 1. The second kappa shape index (κ2) is 6.16. The van der Waals surface area contributed by atoms with Crippen LogP contribution in [0.15, 0.2) is 11.1 Å². The molecular formula is C11H16N5O7P+2. The lowest BCUT2D eigenvalue weighted by molar-refractivity contribution is -0.745. The number of imidazole rings is 1. The van der Waals surface area contributed by atoms with Crippen LogP contribution in [0.5, 0.6) is 0 Å². The van der Waals surface area contributed by atoms with Crippen LogP contribution in [-0.4, -0.2) is 54.6 Å². The molecule has 24 heavy (non-hydrogen) atoms. The molecule has 1 aliphatic rings. The molecule has 0 saturated carbocycles. The van der Waals surface area contributed by atoms with Crippen LogP contribution in [-0.2, 0) is 20.9 Å². The van der Waals surface area contributed by atoms with E-state index in [1.165, 1.54) is 15.5 Å². The number of rotatable bonds is 4. The van der Waals surface area contributed by atoms with Gasteiger partial charge in [-0.2, -0.15) is 0 Å². The number of aliphatic hydroxyl groups excluding tert-OH is 2. The van der Waals surface area contributed by atoms with Crippen LogP contribution < -0.4 is 15.9 Å². The number of ether oxygens (including phenoxy) is 1. The fourth-order valence-corrected chi connectivity index (χ4v) is 2.96. The average Bonchev–Trinajstić information content (AvgIpc) is 2.96. The summed E-state index contributed by atoms with van der Waals surface area (Å²) in [5.41, 5.74) is 5.44. The van der Waals surface area contributed by atoms with Crippen molar-refractivity contribution >= 4 is 25.4 Å². The Morgan fingerprint density at radius 3 is 2.92 bits per heavy atom. The highest BCUT2D eigenvalue weighted by Gasteiger charge is 2.48. The molecule has 2 aromatic rings. The third-order valence-electron chi connectivity index (χ3n) is 3.75. The van der Waals surface area contributed by atoms with Gasteiger partial charge in [0, 0.05) is 4.57 Å². The number of aromatic nitrogens is 4. The number of nitrogen functional groups attached to an aromatic ring is 1. The zero-order chi connectivity index (χ0) is 17.6. The Kier molecular flexibility index (Phi) is 4.34. The van der Waals surface area contributed by atoms with Gasteiger partial charge in [0.15, 0.2) is 6.33 Å². The first-order valence-electron chi connectivity index (χ1n) is 6.86. The van der Waals surface area contributed by atoms with Gasteiger partial charge in [0.1, 0.15) is 24.9 Å². The van der Waals surface area contributed by atoms with E-state index in [9.17, 15) is 19.6 Å². The normalized spacial score (nSPS) is 27.8. The molecule has 130 valence electrons. The van der Waals surface area contributed by atoms with Crippen LogP contribution in [0.2, 0.25) is 0 Å². The molecule has 0 bridgehead atoms. The SMILES string of the molecule is Cn1c[n+]([C@@H]2O[C@H](CO[P+](=O)O)C(O)C2O)c2nc(N)[nH]c(=O)c21. The van der Waals surface area contributed by atoms with Crippen molar-refractivity contribution in [2.24, 2.45) is 7.05 Å². The van der Waals surface area contributed by atoms with Gasteiger partial charge >= 0.3 is 13.9 Å². The van der Waals surface area contributed by atoms with E-state index in [-0.39, 0.29) is 23.7 Å². The van der Waals surface area contributed by atoms with Gasteiger partial charge in [-0.25, -0.2) is 4.57 Å². The van der Waals surface area contributed by atoms with E-state index in [1.54, 1.807) is 7.05 Å². The number of nitrogens with two attached hydrogens (primary N) is 1.